The fourth-order valence-corrected chi connectivity index (χ4v) is 2.80. The van der Waals surface area contributed by atoms with Gasteiger partial charge in [0.05, 0.1) is 11.0 Å². The van der Waals surface area contributed by atoms with Crippen molar-refractivity contribution in [2.24, 2.45) is 7.05 Å². The van der Waals surface area contributed by atoms with Crippen LogP contribution in [0.4, 0.5) is 0 Å². The van der Waals surface area contributed by atoms with Gasteiger partial charge in [-0.1, -0.05) is 6.07 Å². The molecule has 0 fully saturated rings. The molecule has 0 bridgehead atoms. The first-order valence-electron chi connectivity index (χ1n) is 6.49. The van der Waals surface area contributed by atoms with E-state index in [0.717, 1.165) is 25.2 Å². The van der Waals surface area contributed by atoms with Gasteiger partial charge in [0.2, 0.25) is 0 Å². The molecule has 0 amide bonds. The number of aryl methyl sites for hydroxylation is 1. The molecule has 0 aliphatic heterocycles. The molecule has 1 unspecified atom stereocenters. The summed E-state index contributed by atoms with van der Waals surface area (Å²) in [7, 11) is 4.03. The van der Waals surface area contributed by atoms with Crippen molar-refractivity contribution in [3.63, 3.8) is 0 Å². The van der Waals surface area contributed by atoms with E-state index < -0.39 is 0 Å². The van der Waals surface area contributed by atoms with E-state index in [2.05, 4.69) is 40.8 Å². The lowest BCUT2D eigenvalue weighted by Gasteiger charge is -2.17. The van der Waals surface area contributed by atoms with Crippen LogP contribution in [-0.2, 0) is 13.6 Å². The predicted molar refractivity (Wildman–Crippen MR) is 79.2 cm³/mol. The zero-order chi connectivity index (χ0) is 13.8. The van der Waals surface area contributed by atoms with E-state index in [1.807, 2.05) is 18.7 Å². The highest BCUT2D eigenvalue weighted by atomic mass is 32.1. The molecule has 2 heterocycles. The summed E-state index contributed by atoms with van der Waals surface area (Å²) in [6.45, 7) is 3.57. The Kier molecular flexibility index (Phi) is 4.74. The van der Waals surface area contributed by atoms with E-state index >= 15 is 0 Å². The lowest BCUT2D eigenvalue weighted by molar-refractivity contribution is 0.163. The Labute approximate surface area is 118 Å². The molecule has 0 spiro atoms. The Balaban J connectivity index is 2.08. The van der Waals surface area contributed by atoms with Crippen molar-refractivity contribution >= 4 is 11.3 Å². The summed E-state index contributed by atoms with van der Waals surface area (Å²) < 4.78 is 1.87. The number of aliphatic hydroxyl groups is 1. The highest BCUT2D eigenvalue weighted by Crippen LogP contribution is 2.27. The molecule has 19 heavy (non-hydrogen) atoms. The van der Waals surface area contributed by atoms with Gasteiger partial charge in [-0.15, -0.1) is 11.3 Å². The third kappa shape index (κ3) is 3.89. The van der Waals surface area contributed by atoms with Gasteiger partial charge in [0, 0.05) is 31.9 Å². The molecule has 4 nitrogen and oxygen atoms in total. The first kappa shape index (κ1) is 14.2. The summed E-state index contributed by atoms with van der Waals surface area (Å²) in [5, 5.41) is 16.0. The Hall–Kier alpha value is -1.17. The van der Waals surface area contributed by atoms with Crippen LogP contribution in [0.5, 0.6) is 0 Å². The molecule has 0 radical (unpaired) electrons. The highest BCUT2D eigenvalue weighted by Gasteiger charge is 2.13. The molecule has 0 aromatic carbocycles. The summed E-state index contributed by atoms with van der Waals surface area (Å²) in [5.74, 6) is 0. The molecule has 1 atom stereocenters. The zero-order valence-electron chi connectivity index (χ0n) is 11.7. The van der Waals surface area contributed by atoms with E-state index in [1.165, 1.54) is 10.4 Å². The second-order valence-corrected chi connectivity index (χ2v) is 5.98. The standard InChI is InChI=1S/C14H21N3OS/c1-11(18)6-7-16(2)9-12-10-17(3)15-14(12)13-5-4-8-19-13/h4-5,8,10-11,18H,6-7,9H2,1-3H3. The van der Waals surface area contributed by atoms with Gasteiger partial charge >= 0.3 is 0 Å². The van der Waals surface area contributed by atoms with Crippen molar-refractivity contribution in [1.82, 2.24) is 14.7 Å². The summed E-state index contributed by atoms with van der Waals surface area (Å²) >= 11 is 1.71. The fraction of sp³-hybridized carbons (Fsp3) is 0.500. The SMILES string of the molecule is CC(O)CCN(C)Cc1cn(C)nc1-c1cccs1. The summed E-state index contributed by atoms with van der Waals surface area (Å²) in [6.07, 6.45) is 2.63. The Morgan fingerprint density at radius 2 is 2.32 bits per heavy atom. The van der Waals surface area contributed by atoms with Gasteiger partial charge in [0.1, 0.15) is 5.69 Å². The maximum Gasteiger partial charge on any atom is 0.107 e. The highest BCUT2D eigenvalue weighted by molar-refractivity contribution is 7.13. The molecular weight excluding hydrogens is 258 g/mol. The number of thiophene rings is 1. The van der Waals surface area contributed by atoms with Crippen LogP contribution in [0.2, 0.25) is 0 Å². The van der Waals surface area contributed by atoms with Crippen LogP contribution >= 0.6 is 11.3 Å². The number of aromatic nitrogens is 2. The van der Waals surface area contributed by atoms with Crippen molar-refractivity contribution in [2.75, 3.05) is 13.6 Å². The first-order valence-corrected chi connectivity index (χ1v) is 7.37. The van der Waals surface area contributed by atoms with Crippen LogP contribution in [-0.4, -0.2) is 39.5 Å². The van der Waals surface area contributed by atoms with Gasteiger partial charge in [-0.3, -0.25) is 4.68 Å². The van der Waals surface area contributed by atoms with E-state index in [9.17, 15) is 5.11 Å². The lowest BCUT2D eigenvalue weighted by Crippen LogP contribution is -2.22. The molecular formula is C14H21N3OS. The van der Waals surface area contributed by atoms with Gasteiger partial charge in [-0.25, -0.2) is 0 Å². The molecule has 104 valence electrons. The third-order valence-electron chi connectivity index (χ3n) is 3.03. The van der Waals surface area contributed by atoms with Crippen LogP contribution < -0.4 is 0 Å². The van der Waals surface area contributed by atoms with Crippen molar-refractivity contribution in [1.29, 1.82) is 0 Å². The average Bonchev–Trinajstić information content (AvgIpc) is 2.95. The second-order valence-electron chi connectivity index (χ2n) is 5.03. The van der Waals surface area contributed by atoms with Gasteiger partial charge in [-0.2, -0.15) is 5.10 Å². The maximum absolute atomic E-state index is 9.33. The van der Waals surface area contributed by atoms with Gasteiger partial charge in [0.15, 0.2) is 0 Å². The van der Waals surface area contributed by atoms with Crippen molar-refractivity contribution < 1.29 is 5.11 Å². The van der Waals surface area contributed by atoms with Crippen LogP contribution in [0.3, 0.4) is 0 Å². The molecule has 0 saturated heterocycles. The van der Waals surface area contributed by atoms with E-state index in [1.54, 1.807) is 11.3 Å². The summed E-state index contributed by atoms with van der Waals surface area (Å²) in [6, 6.07) is 4.15. The number of hydrogen-bond acceptors (Lipinski definition) is 4. The van der Waals surface area contributed by atoms with Gasteiger partial charge in [-0.05, 0) is 31.8 Å². The number of rotatable bonds is 6. The quantitative estimate of drug-likeness (QED) is 0.882. The Morgan fingerprint density at radius 3 is 2.95 bits per heavy atom. The number of aliphatic hydroxyl groups excluding tert-OH is 1. The minimum atomic E-state index is -0.242. The van der Waals surface area contributed by atoms with Gasteiger partial charge in [0.25, 0.3) is 0 Å². The van der Waals surface area contributed by atoms with Crippen LogP contribution in [0.25, 0.3) is 10.6 Å². The normalized spacial score (nSPS) is 13.1. The second kappa shape index (κ2) is 6.32. The van der Waals surface area contributed by atoms with Crippen LogP contribution in [0.1, 0.15) is 18.9 Å². The molecule has 5 heteroatoms. The predicted octanol–water partition coefficient (Wildman–Crippen LogP) is 2.35. The zero-order valence-corrected chi connectivity index (χ0v) is 12.5. The minimum Gasteiger partial charge on any atom is -0.393 e. The third-order valence-corrected chi connectivity index (χ3v) is 3.90. The number of hydrogen-bond donors (Lipinski definition) is 1. The van der Waals surface area contributed by atoms with Crippen molar-refractivity contribution in [2.45, 2.75) is 26.0 Å². The smallest absolute Gasteiger partial charge is 0.107 e. The molecule has 0 saturated carbocycles. The molecule has 2 rings (SSSR count). The van der Waals surface area contributed by atoms with Gasteiger partial charge < -0.3 is 10.0 Å². The number of nitrogens with zero attached hydrogens (tertiary/aromatic N) is 3. The Bertz CT molecular complexity index is 505. The largest absolute Gasteiger partial charge is 0.393 e. The molecule has 0 aliphatic rings. The monoisotopic (exact) mass is 279 g/mol. The van der Waals surface area contributed by atoms with E-state index in [4.69, 9.17) is 0 Å². The summed E-state index contributed by atoms with van der Waals surface area (Å²) in [4.78, 5) is 3.43. The molecule has 2 aromatic heterocycles. The van der Waals surface area contributed by atoms with E-state index in [-0.39, 0.29) is 6.10 Å². The topological polar surface area (TPSA) is 41.3 Å². The van der Waals surface area contributed by atoms with Crippen molar-refractivity contribution in [3.05, 3.63) is 29.3 Å². The molecule has 2 aromatic rings. The summed E-state index contributed by atoms with van der Waals surface area (Å²) in [5.41, 5.74) is 2.31. The maximum atomic E-state index is 9.33. The fourth-order valence-electron chi connectivity index (χ4n) is 2.05. The minimum absolute atomic E-state index is 0.242. The van der Waals surface area contributed by atoms with E-state index in [0.29, 0.717) is 0 Å². The molecule has 1 N–H and O–H groups in total. The lowest BCUT2D eigenvalue weighted by atomic mass is 10.2. The molecule has 0 aliphatic carbocycles. The first-order chi connectivity index (χ1) is 9.06. The average molecular weight is 279 g/mol. The van der Waals surface area contributed by atoms with Crippen LogP contribution in [0, 0.1) is 0 Å². The Morgan fingerprint density at radius 1 is 1.53 bits per heavy atom. The van der Waals surface area contributed by atoms with Crippen molar-refractivity contribution in [3.8, 4) is 10.6 Å². The van der Waals surface area contributed by atoms with Crippen LogP contribution in [0.15, 0.2) is 23.7 Å².